The number of fused-ring (bicyclic) bond motifs is 1. The molecule has 1 aliphatic rings. The smallest absolute Gasteiger partial charge is 0.270 e. The normalized spacial score (nSPS) is 15.4. The average molecular weight is 339 g/mol. The minimum atomic E-state index is -0.306. The van der Waals surface area contributed by atoms with Crippen molar-refractivity contribution in [1.82, 2.24) is 20.1 Å². The number of amides is 1. The van der Waals surface area contributed by atoms with Crippen LogP contribution in [0.1, 0.15) is 16.9 Å². The summed E-state index contributed by atoms with van der Waals surface area (Å²) in [6, 6.07) is 9.97. The van der Waals surface area contributed by atoms with Crippen molar-refractivity contribution < 1.29 is 9.18 Å². The summed E-state index contributed by atoms with van der Waals surface area (Å²) < 4.78 is 13.3. The highest BCUT2D eigenvalue weighted by Crippen LogP contribution is 2.19. The lowest BCUT2D eigenvalue weighted by Crippen LogP contribution is -2.35. The van der Waals surface area contributed by atoms with E-state index in [1.54, 1.807) is 18.3 Å². The maximum Gasteiger partial charge on any atom is 0.270 e. The van der Waals surface area contributed by atoms with Gasteiger partial charge in [0.2, 0.25) is 0 Å². The third-order valence-corrected chi connectivity index (χ3v) is 4.48. The SMILES string of the molecule is O=C(c1cc2cc(F)ccc2[nH]1)N1CCCN(c2cccnn2)CC1. The predicted molar refractivity (Wildman–Crippen MR) is 93.0 cm³/mol. The summed E-state index contributed by atoms with van der Waals surface area (Å²) in [4.78, 5) is 19.9. The minimum Gasteiger partial charge on any atom is -0.353 e. The van der Waals surface area contributed by atoms with Gasteiger partial charge < -0.3 is 14.8 Å². The Hall–Kier alpha value is -2.96. The molecule has 0 aliphatic carbocycles. The molecule has 3 heterocycles. The fourth-order valence-electron chi connectivity index (χ4n) is 3.20. The maximum atomic E-state index is 13.3. The minimum absolute atomic E-state index is 0.0578. The molecule has 0 unspecified atom stereocenters. The third kappa shape index (κ3) is 3.17. The number of H-pyrrole nitrogens is 1. The van der Waals surface area contributed by atoms with Gasteiger partial charge in [-0.15, -0.1) is 5.10 Å². The van der Waals surface area contributed by atoms with E-state index in [0.717, 1.165) is 24.3 Å². The molecule has 128 valence electrons. The van der Waals surface area contributed by atoms with Crippen molar-refractivity contribution in [3.8, 4) is 0 Å². The average Bonchev–Trinajstić information content (AvgIpc) is 2.89. The number of nitrogens with zero attached hydrogens (tertiary/aromatic N) is 4. The van der Waals surface area contributed by atoms with Crippen LogP contribution in [-0.4, -0.2) is 52.2 Å². The summed E-state index contributed by atoms with van der Waals surface area (Å²) in [5.41, 5.74) is 1.26. The second kappa shape index (κ2) is 6.51. The van der Waals surface area contributed by atoms with Crippen LogP contribution in [0, 0.1) is 5.82 Å². The third-order valence-electron chi connectivity index (χ3n) is 4.48. The van der Waals surface area contributed by atoms with Crippen molar-refractivity contribution in [3.05, 3.63) is 54.1 Å². The predicted octanol–water partition coefficient (Wildman–Crippen LogP) is 2.45. The Morgan fingerprint density at radius 3 is 2.88 bits per heavy atom. The Morgan fingerprint density at radius 2 is 2.04 bits per heavy atom. The van der Waals surface area contributed by atoms with Crippen molar-refractivity contribution in [2.45, 2.75) is 6.42 Å². The van der Waals surface area contributed by atoms with Crippen LogP contribution >= 0.6 is 0 Å². The number of nitrogens with one attached hydrogen (secondary N) is 1. The molecule has 1 fully saturated rings. The van der Waals surface area contributed by atoms with Crippen molar-refractivity contribution in [2.24, 2.45) is 0 Å². The molecule has 1 amide bonds. The zero-order valence-electron chi connectivity index (χ0n) is 13.7. The first-order chi connectivity index (χ1) is 12.2. The van der Waals surface area contributed by atoms with E-state index in [1.165, 1.54) is 12.1 Å². The monoisotopic (exact) mass is 339 g/mol. The van der Waals surface area contributed by atoms with Gasteiger partial charge in [0.05, 0.1) is 0 Å². The van der Waals surface area contributed by atoms with Crippen LogP contribution in [0.5, 0.6) is 0 Å². The Morgan fingerprint density at radius 1 is 1.12 bits per heavy atom. The number of anilines is 1. The molecule has 6 nitrogen and oxygen atoms in total. The molecule has 1 saturated heterocycles. The molecule has 0 saturated carbocycles. The van der Waals surface area contributed by atoms with E-state index in [2.05, 4.69) is 20.1 Å². The van der Waals surface area contributed by atoms with Crippen LogP contribution < -0.4 is 4.90 Å². The van der Waals surface area contributed by atoms with Gasteiger partial charge in [0.15, 0.2) is 5.82 Å². The van der Waals surface area contributed by atoms with E-state index in [0.29, 0.717) is 30.7 Å². The maximum absolute atomic E-state index is 13.3. The number of carbonyl (C=O) groups is 1. The van der Waals surface area contributed by atoms with E-state index >= 15 is 0 Å². The number of hydrogen-bond acceptors (Lipinski definition) is 4. The lowest BCUT2D eigenvalue weighted by molar-refractivity contribution is 0.0762. The molecule has 2 aromatic heterocycles. The van der Waals surface area contributed by atoms with E-state index in [-0.39, 0.29) is 11.7 Å². The number of aromatic nitrogens is 3. The molecule has 3 aromatic rings. The standard InChI is InChI=1S/C18H18FN5O/c19-14-4-5-15-13(11-14)12-16(21-15)18(25)24-8-2-7-23(9-10-24)17-3-1-6-20-22-17/h1,3-6,11-12,21H,2,7-10H2. The zero-order valence-corrected chi connectivity index (χ0v) is 13.7. The number of rotatable bonds is 2. The summed E-state index contributed by atoms with van der Waals surface area (Å²) in [6.45, 7) is 2.83. The van der Waals surface area contributed by atoms with Crippen LogP contribution in [0.4, 0.5) is 10.2 Å². The van der Waals surface area contributed by atoms with E-state index < -0.39 is 0 Å². The highest BCUT2D eigenvalue weighted by Gasteiger charge is 2.22. The van der Waals surface area contributed by atoms with Crippen molar-refractivity contribution >= 4 is 22.6 Å². The van der Waals surface area contributed by atoms with Crippen LogP contribution in [0.15, 0.2) is 42.6 Å². The molecule has 4 rings (SSSR count). The topological polar surface area (TPSA) is 65.1 Å². The second-order valence-corrected chi connectivity index (χ2v) is 6.13. The summed E-state index contributed by atoms with van der Waals surface area (Å²) in [7, 11) is 0. The fraction of sp³-hybridized carbons (Fsp3) is 0.278. The van der Waals surface area contributed by atoms with Gasteiger partial charge in [0.25, 0.3) is 5.91 Å². The van der Waals surface area contributed by atoms with Crippen LogP contribution in [0.2, 0.25) is 0 Å². The van der Waals surface area contributed by atoms with Gasteiger partial charge in [0, 0.05) is 43.3 Å². The number of halogens is 1. The van der Waals surface area contributed by atoms with Gasteiger partial charge in [-0.1, -0.05) is 0 Å². The highest BCUT2D eigenvalue weighted by molar-refractivity contribution is 5.98. The molecule has 0 atom stereocenters. The van der Waals surface area contributed by atoms with Crippen LogP contribution in [-0.2, 0) is 0 Å². The molecule has 1 N–H and O–H groups in total. The molecule has 0 radical (unpaired) electrons. The first-order valence-electron chi connectivity index (χ1n) is 8.31. The molecule has 1 aliphatic heterocycles. The molecule has 25 heavy (non-hydrogen) atoms. The Bertz CT molecular complexity index is 895. The lowest BCUT2D eigenvalue weighted by Gasteiger charge is -2.22. The highest BCUT2D eigenvalue weighted by atomic mass is 19.1. The van der Waals surface area contributed by atoms with E-state index in [9.17, 15) is 9.18 Å². The lowest BCUT2D eigenvalue weighted by atomic mass is 10.2. The van der Waals surface area contributed by atoms with Crippen molar-refractivity contribution in [2.75, 3.05) is 31.1 Å². The van der Waals surface area contributed by atoms with Gasteiger partial charge in [0.1, 0.15) is 11.5 Å². The van der Waals surface area contributed by atoms with Gasteiger partial charge in [-0.3, -0.25) is 4.79 Å². The van der Waals surface area contributed by atoms with E-state index in [4.69, 9.17) is 0 Å². The molecule has 1 aromatic carbocycles. The zero-order chi connectivity index (χ0) is 17.2. The molecule has 0 spiro atoms. The first kappa shape index (κ1) is 15.6. The quantitative estimate of drug-likeness (QED) is 0.779. The van der Waals surface area contributed by atoms with Gasteiger partial charge >= 0.3 is 0 Å². The number of carbonyl (C=O) groups excluding carboxylic acids is 1. The summed E-state index contributed by atoms with van der Waals surface area (Å²) >= 11 is 0. The summed E-state index contributed by atoms with van der Waals surface area (Å²) in [6.07, 6.45) is 2.51. The summed E-state index contributed by atoms with van der Waals surface area (Å²) in [5.74, 6) is 0.468. The number of benzene rings is 1. The molecular weight excluding hydrogens is 321 g/mol. The first-order valence-corrected chi connectivity index (χ1v) is 8.31. The second-order valence-electron chi connectivity index (χ2n) is 6.13. The van der Waals surface area contributed by atoms with Crippen LogP contribution in [0.25, 0.3) is 10.9 Å². The number of aromatic amines is 1. The number of hydrogen-bond donors (Lipinski definition) is 1. The Balaban J connectivity index is 1.50. The van der Waals surface area contributed by atoms with Gasteiger partial charge in [-0.2, -0.15) is 5.10 Å². The summed E-state index contributed by atoms with van der Waals surface area (Å²) in [5, 5.41) is 8.76. The Labute approximate surface area is 144 Å². The molecule has 7 heteroatoms. The molecular formula is C18H18FN5O. The molecule has 0 bridgehead atoms. The van der Waals surface area contributed by atoms with Gasteiger partial charge in [-0.25, -0.2) is 4.39 Å². The van der Waals surface area contributed by atoms with E-state index in [1.807, 2.05) is 17.0 Å². The largest absolute Gasteiger partial charge is 0.353 e. The Kier molecular flexibility index (Phi) is 4.05. The van der Waals surface area contributed by atoms with Gasteiger partial charge in [-0.05, 0) is 42.8 Å². The fourth-order valence-corrected chi connectivity index (χ4v) is 3.20. The van der Waals surface area contributed by atoms with Crippen LogP contribution in [0.3, 0.4) is 0 Å². The van der Waals surface area contributed by atoms with Crippen molar-refractivity contribution in [3.63, 3.8) is 0 Å². The van der Waals surface area contributed by atoms with Crippen molar-refractivity contribution in [1.29, 1.82) is 0 Å².